The Morgan fingerprint density at radius 2 is 1.83 bits per heavy atom. The molecule has 0 atom stereocenters. The van der Waals surface area contributed by atoms with Gasteiger partial charge in [0.2, 0.25) is 5.91 Å². The molecule has 1 saturated carbocycles. The Bertz CT molecular complexity index is 889. The van der Waals surface area contributed by atoms with E-state index in [4.69, 9.17) is 4.74 Å². The van der Waals surface area contributed by atoms with Crippen molar-refractivity contribution in [2.45, 2.75) is 51.5 Å². The first-order valence-corrected chi connectivity index (χ1v) is 10.6. The van der Waals surface area contributed by atoms with Crippen molar-refractivity contribution in [2.24, 2.45) is 0 Å². The van der Waals surface area contributed by atoms with Crippen molar-refractivity contribution < 1.29 is 19.1 Å². The number of hydrogen-bond donors (Lipinski definition) is 2. The summed E-state index contributed by atoms with van der Waals surface area (Å²) in [5, 5.41) is 5.99. The van der Waals surface area contributed by atoms with Gasteiger partial charge < -0.3 is 10.1 Å². The van der Waals surface area contributed by atoms with Crippen LogP contribution >= 0.6 is 11.3 Å². The van der Waals surface area contributed by atoms with Crippen LogP contribution < -0.4 is 10.6 Å². The van der Waals surface area contributed by atoms with Crippen LogP contribution in [0.25, 0.3) is 11.3 Å². The number of nitrogens with one attached hydrogen (secondary N) is 2. The number of hydrogen-bond acceptors (Lipinski definition) is 6. The van der Waals surface area contributed by atoms with Crippen LogP contribution in [0.1, 0.15) is 55.6 Å². The Labute approximate surface area is 173 Å². The fourth-order valence-corrected chi connectivity index (χ4v) is 4.49. The lowest BCUT2D eigenvalue weighted by atomic mass is 9.81. The highest BCUT2D eigenvalue weighted by atomic mass is 32.1. The highest BCUT2D eigenvalue weighted by Crippen LogP contribution is 2.34. The third-order valence-corrected chi connectivity index (χ3v) is 5.86. The van der Waals surface area contributed by atoms with Gasteiger partial charge in [0.25, 0.3) is 5.91 Å². The molecule has 0 bridgehead atoms. The summed E-state index contributed by atoms with van der Waals surface area (Å²) in [6.07, 6.45) is 3.95. The molecule has 1 aromatic carbocycles. The molecule has 1 aliphatic rings. The SMILES string of the molecule is CCOC(=O)c1sc(NC(=O)C2(NC(C)=O)CCCCC2)nc1-c1ccccc1. The van der Waals surface area contributed by atoms with Gasteiger partial charge in [-0.2, -0.15) is 0 Å². The molecule has 1 fully saturated rings. The number of carbonyl (C=O) groups excluding carboxylic acids is 3. The second kappa shape index (κ2) is 9.17. The Hall–Kier alpha value is -2.74. The summed E-state index contributed by atoms with van der Waals surface area (Å²) in [4.78, 5) is 42.1. The molecule has 29 heavy (non-hydrogen) atoms. The third kappa shape index (κ3) is 4.82. The predicted octanol–water partition coefficient (Wildman–Crippen LogP) is 3.76. The number of anilines is 1. The van der Waals surface area contributed by atoms with Crippen molar-refractivity contribution in [3.8, 4) is 11.3 Å². The molecule has 7 nitrogen and oxygen atoms in total. The Morgan fingerprint density at radius 3 is 2.45 bits per heavy atom. The molecule has 0 unspecified atom stereocenters. The lowest BCUT2D eigenvalue weighted by molar-refractivity contribution is -0.130. The monoisotopic (exact) mass is 415 g/mol. The van der Waals surface area contributed by atoms with Crippen LogP contribution in [-0.2, 0) is 14.3 Å². The van der Waals surface area contributed by atoms with E-state index in [2.05, 4.69) is 15.6 Å². The van der Waals surface area contributed by atoms with Gasteiger partial charge in [-0.1, -0.05) is 60.9 Å². The molecular formula is C21H25N3O4S. The van der Waals surface area contributed by atoms with Gasteiger partial charge in [0, 0.05) is 12.5 Å². The van der Waals surface area contributed by atoms with Crippen LogP contribution in [0, 0.1) is 0 Å². The van der Waals surface area contributed by atoms with Crippen molar-refractivity contribution in [3.05, 3.63) is 35.2 Å². The van der Waals surface area contributed by atoms with Gasteiger partial charge in [-0.25, -0.2) is 9.78 Å². The lowest BCUT2D eigenvalue weighted by Crippen LogP contribution is -2.57. The van der Waals surface area contributed by atoms with Gasteiger partial charge in [-0.3, -0.25) is 14.9 Å². The molecule has 1 aliphatic carbocycles. The maximum atomic E-state index is 13.1. The van der Waals surface area contributed by atoms with Gasteiger partial charge in [-0.15, -0.1) is 0 Å². The van der Waals surface area contributed by atoms with E-state index in [1.807, 2.05) is 30.3 Å². The summed E-state index contributed by atoms with van der Waals surface area (Å²) >= 11 is 1.08. The van der Waals surface area contributed by atoms with Gasteiger partial charge in [0.15, 0.2) is 5.13 Å². The molecule has 1 heterocycles. The number of aromatic nitrogens is 1. The normalized spacial score (nSPS) is 15.4. The van der Waals surface area contributed by atoms with E-state index < -0.39 is 11.5 Å². The van der Waals surface area contributed by atoms with Crippen LogP contribution in [0.4, 0.5) is 5.13 Å². The average molecular weight is 416 g/mol. The van der Waals surface area contributed by atoms with Crippen LogP contribution in [0.15, 0.2) is 30.3 Å². The summed E-state index contributed by atoms with van der Waals surface area (Å²) in [5.41, 5.74) is 0.301. The lowest BCUT2D eigenvalue weighted by Gasteiger charge is -2.35. The minimum absolute atomic E-state index is 0.238. The summed E-state index contributed by atoms with van der Waals surface area (Å²) in [5.74, 6) is -1.01. The van der Waals surface area contributed by atoms with Crippen LogP contribution in [-0.4, -0.2) is 34.9 Å². The van der Waals surface area contributed by atoms with Gasteiger partial charge in [0.05, 0.1) is 12.3 Å². The molecule has 2 amide bonds. The summed E-state index contributed by atoms with van der Waals surface area (Å²) < 4.78 is 5.16. The third-order valence-electron chi connectivity index (χ3n) is 4.91. The summed E-state index contributed by atoms with van der Waals surface area (Å²) in [7, 11) is 0. The highest BCUT2D eigenvalue weighted by molar-refractivity contribution is 7.18. The van der Waals surface area contributed by atoms with Crippen molar-refractivity contribution in [2.75, 3.05) is 11.9 Å². The molecule has 154 valence electrons. The average Bonchev–Trinajstić information content (AvgIpc) is 3.13. The number of amides is 2. The quantitative estimate of drug-likeness (QED) is 0.700. The molecule has 3 rings (SSSR count). The molecular weight excluding hydrogens is 390 g/mol. The van der Waals surface area contributed by atoms with E-state index in [1.54, 1.807) is 6.92 Å². The number of ether oxygens (including phenoxy) is 1. The Kier molecular flexibility index (Phi) is 6.64. The van der Waals surface area contributed by atoms with Crippen LogP contribution in [0.3, 0.4) is 0 Å². The zero-order valence-corrected chi connectivity index (χ0v) is 17.4. The topological polar surface area (TPSA) is 97.4 Å². The minimum Gasteiger partial charge on any atom is -0.462 e. The van der Waals surface area contributed by atoms with Crippen LogP contribution in [0.5, 0.6) is 0 Å². The summed E-state index contributed by atoms with van der Waals surface area (Å²) in [6, 6.07) is 9.29. The van der Waals surface area contributed by atoms with E-state index >= 15 is 0 Å². The maximum absolute atomic E-state index is 13.1. The second-order valence-corrected chi connectivity index (χ2v) is 8.06. The zero-order valence-electron chi connectivity index (χ0n) is 16.6. The number of nitrogens with zero attached hydrogens (tertiary/aromatic N) is 1. The van der Waals surface area contributed by atoms with Gasteiger partial charge >= 0.3 is 5.97 Å². The molecule has 0 aliphatic heterocycles. The molecule has 0 saturated heterocycles. The largest absolute Gasteiger partial charge is 0.462 e. The van der Waals surface area contributed by atoms with Gasteiger partial charge in [0.1, 0.15) is 10.4 Å². The molecule has 1 aromatic heterocycles. The first-order chi connectivity index (χ1) is 13.9. The highest BCUT2D eigenvalue weighted by Gasteiger charge is 2.40. The molecule has 0 radical (unpaired) electrons. The number of rotatable bonds is 6. The second-order valence-electron chi connectivity index (χ2n) is 7.06. The van der Waals surface area contributed by atoms with E-state index in [0.717, 1.165) is 36.2 Å². The minimum atomic E-state index is -0.938. The van der Waals surface area contributed by atoms with E-state index in [0.29, 0.717) is 28.5 Å². The van der Waals surface area contributed by atoms with Crippen molar-refractivity contribution >= 4 is 34.3 Å². The molecule has 2 N–H and O–H groups in total. The summed E-state index contributed by atoms with van der Waals surface area (Å²) in [6.45, 7) is 3.40. The standard InChI is InChI=1S/C21H25N3O4S/c1-3-28-18(26)17-16(15-10-6-4-7-11-15)22-20(29-17)23-19(27)21(24-14(2)25)12-8-5-9-13-21/h4,6-7,10-11H,3,5,8-9,12-13H2,1-2H3,(H,24,25)(H,22,23,27). The number of benzene rings is 1. The number of carbonyl (C=O) groups is 3. The first-order valence-electron chi connectivity index (χ1n) is 9.79. The van der Waals surface area contributed by atoms with E-state index in [9.17, 15) is 14.4 Å². The van der Waals surface area contributed by atoms with Crippen molar-refractivity contribution in [3.63, 3.8) is 0 Å². The van der Waals surface area contributed by atoms with E-state index in [1.165, 1.54) is 6.92 Å². The van der Waals surface area contributed by atoms with Crippen molar-refractivity contribution in [1.82, 2.24) is 10.3 Å². The Balaban J connectivity index is 1.91. The molecule has 8 heteroatoms. The van der Waals surface area contributed by atoms with Gasteiger partial charge in [-0.05, 0) is 19.8 Å². The first kappa shape index (κ1) is 21.0. The fraction of sp³-hybridized carbons (Fsp3) is 0.429. The molecule has 0 spiro atoms. The fourth-order valence-electron chi connectivity index (χ4n) is 3.62. The van der Waals surface area contributed by atoms with Crippen molar-refractivity contribution in [1.29, 1.82) is 0 Å². The van der Waals surface area contributed by atoms with E-state index in [-0.39, 0.29) is 18.4 Å². The van der Waals surface area contributed by atoms with Crippen LogP contribution in [0.2, 0.25) is 0 Å². The molecule has 2 aromatic rings. The smallest absolute Gasteiger partial charge is 0.350 e. The predicted molar refractivity (Wildman–Crippen MR) is 112 cm³/mol. The Morgan fingerprint density at radius 1 is 1.14 bits per heavy atom. The number of thiazole rings is 1. The zero-order chi connectivity index (χ0) is 20.9. The maximum Gasteiger partial charge on any atom is 0.350 e. The number of esters is 1.